The zero-order chi connectivity index (χ0) is 23.1. The molecule has 0 aliphatic carbocycles. The highest BCUT2D eigenvalue weighted by Crippen LogP contribution is 2.33. The molecule has 0 spiro atoms. The molecule has 168 valence electrons. The third-order valence-electron chi connectivity index (χ3n) is 5.97. The molecule has 1 aliphatic heterocycles. The van der Waals surface area contributed by atoms with Crippen LogP contribution in [-0.4, -0.2) is 30.3 Å². The molecule has 5 rings (SSSR count). The van der Waals surface area contributed by atoms with Gasteiger partial charge in [-0.1, -0.05) is 35.7 Å². The van der Waals surface area contributed by atoms with Gasteiger partial charge in [0.15, 0.2) is 17.5 Å². The number of aromatic nitrogens is 5. The van der Waals surface area contributed by atoms with Gasteiger partial charge < -0.3 is 4.57 Å². The first-order valence-electron chi connectivity index (χ1n) is 10.7. The van der Waals surface area contributed by atoms with Crippen LogP contribution in [0.4, 0.5) is 0 Å². The maximum absolute atomic E-state index is 13.4. The van der Waals surface area contributed by atoms with Crippen LogP contribution in [0.2, 0.25) is 10.0 Å². The summed E-state index contributed by atoms with van der Waals surface area (Å²) in [4.78, 5) is 14.8. The number of benzene rings is 1. The SMILES string of the molecule is Cc1nn(Cc2ccc(Cl)cc2Cl)c2sc(C(=O)C(C#N)c3nnc4n3CCCCC4)cc12. The minimum absolute atomic E-state index is 0.256. The van der Waals surface area contributed by atoms with Gasteiger partial charge in [-0.2, -0.15) is 10.4 Å². The summed E-state index contributed by atoms with van der Waals surface area (Å²) in [6.07, 6.45) is 3.98. The Bertz CT molecular complexity index is 1410. The van der Waals surface area contributed by atoms with Crippen molar-refractivity contribution in [3.8, 4) is 6.07 Å². The number of aryl methyl sites for hydroxylation is 2. The van der Waals surface area contributed by atoms with E-state index in [0.29, 0.717) is 27.3 Å². The van der Waals surface area contributed by atoms with Crippen molar-refractivity contribution in [1.82, 2.24) is 24.5 Å². The highest BCUT2D eigenvalue weighted by Gasteiger charge is 2.31. The van der Waals surface area contributed by atoms with Crippen molar-refractivity contribution in [3.05, 3.63) is 62.1 Å². The second-order valence-electron chi connectivity index (χ2n) is 8.17. The van der Waals surface area contributed by atoms with Gasteiger partial charge in [-0.15, -0.1) is 21.5 Å². The van der Waals surface area contributed by atoms with Crippen LogP contribution in [0.15, 0.2) is 24.3 Å². The van der Waals surface area contributed by atoms with Gasteiger partial charge in [0.25, 0.3) is 0 Å². The molecule has 7 nitrogen and oxygen atoms in total. The van der Waals surface area contributed by atoms with Gasteiger partial charge in [-0.25, -0.2) is 0 Å². The Hall–Kier alpha value is -2.73. The molecule has 0 N–H and O–H groups in total. The smallest absolute Gasteiger partial charge is 0.197 e. The lowest BCUT2D eigenvalue weighted by molar-refractivity contribution is 0.0978. The molecule has 0 fully saturated rings. The predicted octanol–water partition coefficient (Wildman–Crippen LogP) is 5.57. The quantitative estimate of drug-likeness (QED) is 0.335. The van der Waals surface area contributed by atoms with Crippen LogP contribution in [0.1, 0.15) is 57.8 Å². The monoisotopic (exact) mass is 498 g/mol. The van der Waals surface area contributed by atoms with Gasteiger partial charge in [-0.3, -0.25) is 9.48 Å². The number of halogens is 2. The lowest BCUT2D eigenvalue weighted by Gasteiger charge is -2.10. The number of Topliss-reactive ketones (excluding diaryl/α,β-unsaturated/α-hetero) is 1. The number of hydrogen-bond acceptors (Lipinski definition) is 6. The van der Waals surface area contributed by atoms with Crippen LogP contribution >= 0.6 is 34.5 Å². The van der Waals surface area contributed by atoms with Crippen molar-refractivity contribution in [2.75, 3.05) is 0 Å². The summed E-state index contributed by atoms with van der Waals surface area (Å²) in [5, 5.41) is 25.0. The van der Waals surface area contributed by atoms with Gasteiger partial charge >= 0.3 is 0 Å². The normalized spacial score (nSPS) is 14.6. The Morgan fingerprint density at radius 3 is 2.88 bits per heavy atom. The van der Waals surface area contributed by atoms with E-state index in [1.54, 1.807) is 12.1 Å². The fourth-order valence-corrected chi connectivity index (χ4v) is 5.85. The molecule has 1 aliphatic rings. The molecule has 4 aromatic rings. The number of carbonyl (C=O) groups excluding carboxylic acids is 1. The summed E-state index contributed by atoms with van der Waals surface area (Å²) >= 11 is 13.7. The third-order valence-corrected chi connectivity index (χ3v) is 7.72. The molecule has 1 aromatic carbocycles. The molecular formula is C23H20Cl2N6OS. The number of nitriles is 1. The van der Waals surface area contributed by atoms with Crippen LogP contribution < -0.4 is 0 Å². The topological polar surface area (TPSA) is 89.4 Å². The molecule has 1 unspecified atom stereocenters. The summed E-state index contributed by atoms with van der Waals surface area (Å²) in [7, 11) is 0. The molecule has 0 saturated carbocycles. The van der Waals surface area contributed by atoms with E-state index in [2.05, 4.69) is 21.4 Å². The van der Waals surface area contributed by atoms with E-state index in [9.17, 15) is 10.1 Å². The highest BCUT2D eigenvalue weighted by atomic mass is 35.5. The average molecular weight is 499 g/mol. The van der Waals surface area contributed by atoms with E-state index in [0.717, 1.165) is 59.5 Å². The first-order valence-corrected chi connectivity index (χ1v) is 12.3. The van der Waals surface area contributed by atoms with Crippen molar-refractivity contribution in [1.29, 1.82) is 5.26 Å². The van der Waals surface area contributed by atoms with Crippen LogP contribution in [-0.2, 0) is 19.5 Å². The van der Waals surface area contributed by atoms with Gasteiger partial charge in [0, 0.05) is 28.4 Å². The number of thiophene rings is 1. The van der Waals surface area contributed by atoms with Crippen molar-refractivity contribution >= 4 is 50.5 Å². The minimum atomic E-state index is -0.987. The van der Waals surface area contributed by atoms with Gasteiger partial charge in [0.05, 0.1) is 23.2 Å². The highest BCUT2D eigenvalue weighted by molar-refractivity contribution is 7.20. The fraction of sp³-hybridized carbons (Fsp3) is 0.348. The van der Waals surface area contributed by atoms with E-state index in [1.807, 2.05) is 28.3 Å². The second kappa shape index (κ2) is 8.90. The minimum Gasteiger partial charge on any atom is -0.313 e. The molecule has 4 heterocycles. The maximum Gasteiger partial charge on any atom is 0.197 e. The van der Waals surface area contributed by atoms with E-state index in [1.165, 1.54) is 11.3 Å². The van der Waals surface area contributed by atoms with Gasteiger partial charge in [-0.05, 0) is 43.5 Å². The second-order valence-corrected chi connectivity index (χ2v) is 10.0. The Labute approximate surface area is 204 Å². The zero-order valence-electron chi connectivity index (χ0n) is 17.9. The summed E-state index contributed by atoms with van der Waals surface area (Å²) in [6, 6.07) is 9.37. The molecule has 33 heavy (non-hydrogen) atoms. The zero-order valence-corrected chi connectivity index (χ0v) is 20.2. The van der Waals surface area contributed by atoms with E-state index >= 15 is 0 Å². The van der Waals surface area contributed by atoms with Crippen molar-refractivity contribution in [3.63, 3.8) is 0 Å². The molecule has 10 heteroatoms. The van der Waals surface area contributed by atoms with Gasteiger partial charge in [0.1, 0.15) is 10.7 Å². The van der Waals surface area contributed by atoms with E-state index in [-0.39, 0.29) is 5.78 Å². The van der Waals surface area contributed by atoms with Gasteiger partial charge in [0.2, 0.25) is 0 Å². The molecule has 0 radical (unpaired) electrons. The molecule has 1 atom stereocenters. The van der Waals surface area contributed by atoms with Crippen molar-refractivity contribution in [2.24, 2.45) is 0 Å². The van der Waals surface area contributed by atoms with E-state index in [4.69, 9.17) is 23.2 Å². The lowest BCUT2D eigenvalue weighted by Crippen LogP contribution is -2.17. The molecule has 0 saturated heterocycles. The number of carbonyl (C=O) groups is 1. The summed E-state index contributed by atoms with van der Waals surface area (Å²) in [5.41, 5.74) is 1.70. The third kappa shape index (κ3) is 4.05. The van der Waals surface area contributed by atoms with Crippen molar-refractivity contribution < 1.29 is 4.79 Å². The Morgan fingerprint density at radius 1 is 1.24 bits per heavy atom. The standard InChI is InChI=1S/C23H20Cl2N6OS/c1-13-16-10-19(33-23(16)31(29-13)12-14-6-7-15(24)9-18(14)25)21(32)17(11-26)22-28-27-20-5-3-2-4-8-30(20)22/h6-7,9-10,17H,2-5,8,12H2,1H3. The van der Waals surface area contributed by atoms with Crippen LogP contribution in [0.3, 0.4) is 0 Å². The number of ketones is 1. The number of hydrogen-bond donors (Lipinski definition) is 0. The first kappa shape index (κ1) is 22.1. The number of rotatable bonds is 5. The first-order chi connectivity index (χ1) is 16.0. The Kier molecular flexibility index (Phi) is 5.95. The fourth-order valence-electron chi connectivity index (χ4n) is 4.25. The number of fused-ring (bicyclic) bond motifs is 2. The molecule has 0 amide bonds. The number of nitrogens with zero attached hydrogens (tertiary/aromatic N) is 6. The summed E-state index contributed by atoms with van der Waals surface area (Å²) < 4.78 is 3.80. The average Bonchev–Trinajstić information content (AvgIpc) is 3.42. The molecular weight excluding hydrogens is 479 g/mol. The Morgan fingerprint density at radius 2 is 2.09 bits per heavy atom. The van der Waals surface area contributed by atoms with Crippen molar-refractivity contribution in [2.45, 2.75) is 51.6 Å². The predicted molar refractivity (Wildman–Crippen MR) is 128 cm³/mol. The molecule has 3 aromatic heterocycles. The lowest BCUT2D eigenvalue weighted by atomic mass is 10.0. The molecule has 0 bridgehead atoms. The largest absolute Gasteiger partial charge is 0.313 e. The maximum atomic E-state index is 13.4. The van der Waals surface area contributed by atoms with Crippen LogP contribution in [0.5, 0.6) is 0 Å². The van der Waals surface area contributed by atoms with Crippen LogP contribution in [0.25, 0.3) is 10.2 Å². The summed E-state index contributed by atoms with van der Waals surface area (Å²) in [6.45, 7) is 3.10. The van der Waals surface area contributed by atoms with E-state index < -0.39 is 5.92 Å². The Balaban J connectivity index is 1.49. The van der Waals surface area contributed by atoms with Crippen LogP contribution in [0, 0.1) is 18.3 Å². The summed E-state index contributed by atoms with van der Waals surface area (Å²) in [5.74, 6) is 0.0644.